The number of halogens is 2. The molecule has 1 aromatic rings. The molecule has 0 aromatic heterocycles. The molecule has 0 aliphatic carbocycles. The van der Waals surface area contributed by atoms with Gasteiger partial charge in [0.25, 0.3) is 0 Å². The third kappa shape index (κ3) is 7.47. The van der Waals surface area contributed by atoms with Gasteiger partial charge >= 0.3 is 0 Å². The molecule has 0 spiro atoms. The molecule has 0 saturated carbocycles. The first kappa shape index (κ1) is 19.3. The van der Waals surface area contributed by atoms with Crippen LogP contribution in [0, 0.1) is 5.92 Å². The zero-order valence-corrected chi connectivity index (χ0v) is 15.0. The van der Waals surface area contributed by atoms with Crippen LogP contribution in [-0.4, -0.2) is 32.1 Å². The van der Waals surface area contributed by atoms with E-state index in [1.54, 1.807) is 0 Å². The monoisotopic (exact) mass is 390 g/mol. The van der Waals surface area contributed by atoms with Crippen LogP contribution in [0.3, 0.4) is 0 Å². The Morgan fingerprint density at radius 3 is 3.05 bits per heavy atom. The highest BCUT2D eigenvalue weighted by Crippen LogP contribution is 2.17. The van der Waals surface area contributed by atoms with Crippen LogP contribution in [0.5, 0.6) is 5.75 Å². The number of hydrogen-bond acceptors (Lipinski definition) is 3. The van der Waals surface area contributed by atoms with E-state index in [-0.39, 0.29) is 18.3 Å². The van der Waals surface area contributed by atoms with E-state index < -0.39 is 0 Å². The van der Waals surface area contributed by atoms with Crippen molar-refractivity contribution >= 4 is 34.2 Å². The van der Waals surface area contributed by atoms with E-state index >= 15 is 0 Å². The molecular weight excluding hydrogens is 368 g/mol. The summed E-state index contributed by atoms with van der Waals surface area (Å²) in [6.45, 7) is 3.40. The second kappa shape index (κ2) is 10.9. The smallest absolute Gasteiger partial charge is 0.223 e. The second-order valence-electron chi connectivity index (χ2n) is 5.41. The quantitative estimate of drug-likeness (QED) is 0.751. The van der Waals surface area contributed by atoms with Crippen LogP contribution in [0.25, 0.3) is 0 Å². The highest BCUT2D eigenvalue weighted by molar-refractivity contribution is 9.10. The van der Waals surface area contributed by atoms with Crippen molar-refractivity contribution in [3.8, 4) is 5.75 Å². The summed E-state index contributed by atoms with van der Waals surface area (Å²) in [5, 5.41) is 6.37. The molecule has 1 aromatic carbocycles. The molecule has 1 unspecified atom stereocenters. The highest BCUT2D eigenvalue weighted by Gasteiger charge is 2.12. The van der Waals surface area contributed by atoms with E-state index in [4.69, 9.17) is 4.74 Å². The first-order valence-corrected chi connectivity index (χ1v) is 8.39. The topological polar surface area (TPSA) is 50.4 Å². The third-order valence-corrected chi connectivity index (χ3v) is 4.16. The molecule has 0 radical (unpaired) electrons. The van der Waals surface area contributed by atoms with Crippen molar-refractivity contribution in [2.24, 2.45) is 5.92 Å². The summed E-state index contributed by atoms with van der Waals surface area (Å²) in [7, 11) is 0. The predicted octanol–water partition coefficient (Wildman–Crippen LogP) is 3.15. The summed E-state index contributed by atoms with van der Waals surface area (Å²) in [5.74, 6) is 1.55. The zero-order chi connectivity index (χ0) is 14.9. The van der Waals surface area contributed by atoms with Crippen molar-refractivity contribution in [3.05, 3.63) is 28.7 Å². The molecule has 2 N–H and O–H groups in total. The van der Waals surface area contributed by atoms with Crippen LogP contribution in [0.4, 0.5) is 0 Å². The number of benzene rings is 1. The fourth-order valence-electron chi connectivity index (χ4n) is 2.49. The lowest BCUT2D eigenvalue weighted by atomic mass is 9.96. The SMILES string of the molecule is Cl.O=C(CCOc1cccc(Br)c1)NCCC1CCCNC1. The van der Waals surface area contributed by atoms with Crippen molar-refractivity contribution in [1.82, 2.24) is 10.6 Å². The van der Waals surface area contributed by atoms with Crippen LogP contribution < -0.4 is 15.4 Å². The molecule has 6 heteroatoms. The third-order valence-electron chi connectivity index (χ3n) is 3.67. The average Bonchev–Trinajstić information content (AvgIpc) is 2.48. The highest BCUT2D eigenvalue weighted by atomic mass is 79.9. The van der Waals surface area contributed by atoms with Gasteiger partial charge in [-0.1, -0.05) is 22.0 Å². The summed E-state index contributed by atoms with van der Waals surface area (Å²) in [6, 6.07) is 7.64. The van der Waals surface area contributed by atoms with Gasteiger partial charge in [0.2, 0.25) is 5.91 Å². The fraction of sp³-hybridized carbons (Fsp3) is 0.562. The number of rotatable bonds is 7. The molecule has 1 aliphatic heterocycles. The lowest BCUT2D eigenvalue weighted by Gasteiger charge is -2.22. The normalized spacial score (nSPS) is 17.4. The molecule has 1 atom stereocenters. The van der Waals surface area contributed by atoms with E-state index in [2.05, 4.69) is 26.6 Å². The van der Waals surface area contributed by atoms with Crippen molar-refractivity contribution < 1.29 is 9.53 Å². The number of nitrogens with one attached hydrogen (secondary N) is 2. The van der Waals surface area contributed by atoms with Gasteiger partial charge in [-0.2, -0.15) is 0 Å². The summed E-state index contributed by atoms with van der Waals surface area (Å²) in [4.78, 5) is 11.7. The van der Waals surface area contributed by atoms with Gasteiger partial charge in [0.1, 0.15) is 5.75 Å². The van der Waals surface area contributed by atoms with E-state index in [9.17, 15) is 4.79 Å². The first-order valence-electron chi connectivity index (χ1n) is 7.60. The summed E-state index contributed by atoms with van der Waals surface area (Å²) in [6.07, 6.45) is 3.98. The minimum atomic E-state index is 0. The lowest BCUT2D eigenvalue weighted by molar-refractivity contribution is -0.121. The Morgan fingerprint density at radius 2 is 2.32 bits per heavy atom. The molecular formula is C16H24BrClN2O2. The maximum atomic E-state index is 11.7. The van der Waals surface area contributed by atoms with Gasteiger partial charge in [0.15, 0.2) is 0 Å². The van der Waals surface area contributed by atoms with E-state index in [0.29, 0.717) is 18.9 Å². The van der Waals surface area contributed by atoms with Gasteiger partial charge in [-0.15, -0.1) is 12.4 Å². The van der Waals surface area contributed by atoms with Crippen LogP contribution in [-0.2, 0) is 4.79 Å². The molecule has 124 valence electrons. The maximum Gasteiger partial charge on any atom is 0.223 e. The Bertz CT molecular complexity index is 454. The van der Waals surface area contributed by atoms with Gasteiger partial charge in [0, 0.05) is 11.0 Å². The Hall–Kier alpha value is -0.780. The zero-order valence-electron chi connectivity index (χ0n) is 12.6. The molecule has 1 saturated heterocycles. The van der Waals surface area contributed by atoms with Crippen molar-refractivity contribution in [3.63, 3.8) is 0 Å². The second-order valence-corrected chi connectivity index (χ2v) is 6.32. The van der Waals surface area contributed by atoms with Gasteiger partial charge in [0.05, 0.1) is 13.0 Å². The Morgan fingerprint density at radius 1 is 1.45 bits per heavy atom. The molecule has 22 heavy (non-hydrogen) atoms. The van der Waals surface area contributed by atoms with Crippen LogP contribution >= 0.6 is 28.3 Å². The minimum Gasteiger partial charge on any atom is -0.493 e. The van der Waals surface area contributed by atoms with Gasteiger partial charge in [-0.25, -0.2) is 0 Å². The van der Waals surface area contributed by atoms with Gasteiger partial charge in [-0.05, 0) is 56.5 Å². The Balaban J connectivity index is 0.00000242. The van der Waals surface area contributed by atoms with Gasteiger partial charge in [-0.3, -0.25) is 4.79 Å². The Kier molecular flexibility index (Phi) is 9.52. The lowest BCUT2D eigenvalue weighted by Crippen LogP contribution is -2.33. The van der Waals surface area contributed by atoms with Crippen molar-refractivity contribution in [2.45, 2.75) is 25.7 Å². The van der Waals surface area contributed by atoms with Crippen molar-refractivity contribution in [1.29, 1.82) is 0 Å². The molecule has 0 bridgehead atoms. The number of amides is 1. The molecule has 1 aliphatic rings. The molecule has 4 nitrogen and oxygen atoms in total. The molecule has 1 heterocycles. The summed E-state index contributed by atoms with van der Waals surface area (Å²) < 4.78 is 6.53. The summed E-state index contributed by atoms with van der Waals surface area (Å²) in [5.41, 5.74) is 0. The molecule has 1 fully saturated rings. The van der Waals surface area contributed by atoms with Crippen LogP contribution in [0.15, 0.2) is 28.7 Å². The standard InChI is InChI=1S/C16H23BrN2O2.ClH/c17-14-4-1-5-15(11-14)21-10-7-16(20)19-9-6-13-3-2-8-18-12-13;/h1,4-5,11,13,18H,2-3,6-10,12H2,(H,19,20);1H. The van der Waals surface area contributed by atoms with Crippen LogP contribution in [0.2, 0.25) is 0 Å². The van der Waals surface area contributed by atoms with Gasteiger partial charge < -0.3 is 15.4 Å². The average molecular weight is 392 g/mol. The molecule has 1 amide bonds. The number of carbonyl (C=O) groups is 1. The Labute approximate surface area is 146 Å². The number of hydrogen-bond donors (Lipinski definition) is 2. The summed E-state index contributed by atoms with van der Waals surface area (Å²) >= 11 is 3.39. The van der Waals surface area contributed by atoms with E-state index in [1.807, 2.05) is 24.3 Å². The van der Waals surface area contributed by atoms with E-state index in [0.717, 1.165) is 36.3 Å². The number of carbonyl (C=O) groups excluding carboxylic acids is 1. The van der Waals surface area contributed by atoms with Crippen molar-refractivity contribution in [2.75, 3.05) is 26.2 Å². The molecule has 2 rings (SSSR count). The largest absolute Gasteiger partial charge is 0.493 e. The minimum absolute atomic E-state index is 0. The maximum absolute atomic E-state index is 11.7. The number of piperidine rings is 1. The fourth-order valence-corrected chi connectivity index (χ4v) is 2.87. The van der Waals surface area contributed by atoms with Crippen LogP contribution in [0.1, 0.15) is 25.7 Å². The predicted molar refractivity (Wildman–Crippen MR) is 94.7 cm³/mol. The first-order chi connectivity index (χ1) is 10.2. The van der Waals surface area contributed by atoms with E-state index in [1.165, 1.54) is 12.8 Å². The number of ether oxygens (including phenoxy) is 1.